The third kappa shape index (κ3) is 2.38. The van der Waals surface area contributed by atoms with Crippen molar-refractivity contribution in [2.24, 2.45) is 0 Å². The maximum atomic E-state index is 12.0. The Morgan fingerprint density at radius 2 is 2.10 bits per heavy atom. The van der Waals surface area contributed by atoms with Gasteiger partial charge in [-0.1, -0.05) is 18.2 Å². The first-order valence-corrected chi connectivity index (χ1v) is 7.07. The summed E-state index contributed by atoms with van der Waals surface area (Å²) >= 11 is 1.97. The van der Waals surface area contributed by atoms with Gasteiger partial charge < -0.3 is 5.73 Å². The summed E-state index contributed by atoms with van der Waals surface area (Å²) < 4.78 is 2.11. The summed E-state index contributed by atoms with van der Waals surface area (Å²) in [6.07, 6.45) is 3.06. The van der Waals surface area contributed by atoms with Crippen molar-refractivity contribution in [2.75, 3.05) is 5.73 Å². The van der Waals surface area contributed by atoms with Gasteiger partial charge in [0.25, 0.3) is 5.56 Å². The predicted octanol–water partition coefficient (Wildman–Crippen LogP) is 2.03. The number of benzene rings is 1. The minimum absolute atomic E-state index is 0.0758. The van der Waals surface area contributed by atoms with Crippen LogP contribution >= 0.6 is 22.6 Å². The van der Waals surface area contributed by atoms with Crippen molar-refractivity contribution in [3.8, 4) is 0 Å². The molecule has 2 aromatic heterocycles. The van der Waals surface area contributed by atoms with Gasteiger partial charge in [0.2, 0.25) is 0 Å². The van der Waals surface area contributed by atoms with E-state index in [1.54, 1.807) is 6.20 Å². The Hall–Kier alpha value is -1.96. The van der Waals surface area contributed by atoms with E-state index < -0.39 is 0 Å². The van der Waals surface area contributed by atoms with Gasteiger partial charge in [-0.2, -0.15) is 0 Å². The number of aromatic nitrogens is 3. The molecule has 0 radical (unpaired) electrons. The Labute approximate surface area is 128 Å². The number of nitrogen functional groups attached to an aromatic ring is 1. The Balaban J connectivity index is 2.08. The van der Waals surface area contributed by atoms with Gasteiger partial charge in [-0.05, 0) is 34.7 Å². The molecule has 20 heavy (non-hydrogen) atoms. The van der Waals surface area contributed by atoms with Gasteiger partial charge in [0, 0.05) is 17.1 Å². The second-order valence-corrected chi connectivity index (χ2v) is 5.56. The molecule has 2 heterocycles. The monoisotopic (exact) mass is 378 g/mol. The van der Waals surface area contributed by atoms with E-state index in [-0.39, 0.29) is 5.56 Å². The number of nitrogens with two attached hydrogens (primary N) is 1. The average Bonchev–Trinajstić information content (AvgIpc) is 2.44. The van der Waals surface area contributed by atoms with E-state index in [4.69, 9.17) is 5.73 Å². The van der Waals surface area contributed by atoms with Crippen LogP contribution in [0, 0.1) is 3.57 Å². The van der Waals surface area contributed by atoms with Crippen LogP contribution in [0.15, 0.2) is 47.7 Å². The SMILES string of the molecule is Nc1nc2ccccc2cc1Cn1cncc(I)c1=O. The largest absolute Gasteiger partial charge is 0.383 e. The van der Waals surface area contributed by atoms with E-state index in [1.165, 1.54) is 10.9 Å². The van der Waals surface area contributed by atoms with Crippen LogP contribution in [-0.4, -0.2) is 14.5 Å². The van der Waals surface area contributed by atoms with E-state index in [2.05, 4.69) is 9.97 Å². The second kappa shape index (κ2) is 5.20. The highest BCUT2D eigenvalue weighted by atomic mass is 127. The zero-order chi connectivity index (χ0) is 14.1. The van der Waals surface area contributed by atoms with Gasteiger partial charge in [0.05, 0.1) is 22.0 Å². The summed E-state index contributed by atoms with van der Waals surface area (Å²) in [6.45, 7) is 0.367. The third-order valence-electron chi connectivity index (χ3n) is 3.04. The Kier molecular flexibility index (Phi) is 3.39. The van der Waals surface area contributed by atoms with E-state index in [9.17, 15) is 4.79 Å². The zero-order valence-corrected chi connectivity index (χ0v) is 12.6. The van der Waals surface area contributed by atoms with Gasteiger partial charge in [-0.15, -0.1) is 0 Å². The Bertz CT molecular complexity index is 844. The molecule has 0 atom stereocenters. The lowest BCUT2D eigenvalue weighted by atomic mass is 10.1. The Morgan fingerprint density at radius 1 is 1.30 bits per heavy atom. The number of halogens is 1. The molecular formula is C14H11IN4O. The van der Waals surface area contributed by atoms with E-state index >= 15 is 0 Å². The predicted molar refractivity (Wildman–Crippen MR) is 86.5 cm³/mol. The van der Waals surface area contributed by atoms with Crippen molar-refractivity contribution in [2.45, 2.75) is 6.54 Å². The lowest BCUT2D eigenvalue weighted by Gasteiger charge is -2.09. The van der Waals surface area contributed by atoms with Crippen molar-refractivity contribution in [1.29, 1.82) is 0 Å². The van der Waals surface area contributed by atoms with Crippen molar-refractivity contribution >= 4 is 39.3 Å². The lowest BCUT2D eigenvalue weighted by molar-refractivity contribution is 0.730. The van der Waals surface area contributed by atoms with Crippen LogP contribution in [0.3, 0.4) is 0 Å². The van der Waals surface area contributed by atoms with Crippen molar-refractivity contribution in [1.82, 2.24) is 14.5 Å². The van der Waals surface area contributed by atoms with Gasteiger partial charge in [-0.25, -0.2) is 9.97 Å². The molecule has 0 saturated heterocycles. The van der Waals surface area contributed by atoms with Crippen LogP contribution in [0.25, 0.3) is 10.9 Å². The van der Waals surface area contributed by atoms with Gasteiger partial charge in [-0.3, -0.25) is 9.36 Å². The number of hydrogen-bond donors (Lipinski definition) is 1. The van der Waals surface area contributed by atoms with E-state index in [0.29, 0.717) is 15.9 Å². The minimum atomic E-state index is -0.0758. The number of pyridine rings is 1. The number of rotatable bonds is 2. The highest BCUT2D eigenvalue weighted by Crippen LogP contribution is 2.18. The van der Waals surface area contributed by atoms with E-state index in [1.807, 2.05) is 52.9 Å². The number of anilines is 1. The number of fused-ring (bicyclic) bond motifs is 1. The summed E-state index contributed by atoms with van der Waals surface area (Å²) in [5.41, 5.74) is 7.56. The van der Waals surface area contributed by atoms with Crippen molar-refractivity contribution in [3.05, 3.63) is 62.3 Å². The van der Waals surface area contributed by atoms with Gasteiger partial charge >= 0.3 is 0 Å². The number of nitrogens with zero attached hydrogens (tertiary/aromatic N) is 3. The lowest BCUT2D eigenvalue weighted by Crippen LogP contribution is -2.23. The summed E-state index contributed by atoms with van der Waals surface area (Å²) in [7, 11) is 0. The van der Waals surface area contributed by atoms with Crippen LogP contribution in [0.4, 0.5) is 5.82 Å². The van der Waals surface area contributed by atoms with E-state index in [0.717, 1.165) is 16.5 Å². The molecule has 1 aromatic carbocycles. The Morgan fingerprint density at radius 3 is 2.95 bits per heavy atom. The molecule has 3 rings (SSSR count). The van der Waals surface area contributed by atoms with Gasteiger partial charge in [0.1, 0.15) is 5.82 Å². The molecule has 0 aliphatic rings. The maximum absolute atomic E-state index is 12.0. The summed E-state index contributed by atoms with van der Waals surface area (Å²) in [6, 6.07) is 9.71. The first-order chi connectivity index (χ1) is 9.65. The summed E-state index contributed by atoms with van der Waals surface area (Å²) in [5, 5.41) is 1.00. The van der Waals surface area contributed by atoms with Crippen LogP contribution < -0.4 is 11.3 Å². The quantitative estimate of drug-likeness (QED) is 0.693. The second-order valence-electron chi connectivity index (χ2n) is 4.40. The molecule has 2 N–H and O–H groups in total. The van der Waals surface area contributed by atoms with Crippen LogP contribution in [-0.2, 0) is 6.54 Å². The molecule has 0 aliphatic heterocycles. The molecule has 3 aromatic rings. The first-order valence-electron chi connectivity index (χ1n) is 5.99. The standard InChI is InChI=1S/C14H11IN4O/c15-11-6-17-8-19(14(11)20)7-10-5-9-3-1-2-4-12(9)18-13(10)16/h1-6,8H,7H2,(H2,16,18). The fourth-order valence-electron chi connectivity index (χ4n) is 2.02. The highest BCUT2D eigenvalue weighted by Gasteiger charge is 2.07. The molecule has 0 saturated carbocycles. The molecule has 6 heteroatoms. The van der Waals surface area contributed by atoms with Crippen LogP contribution in [0.5, 0.6) is 0 Å². The smallest absolute Gasteiger partial charge is 0.267 e. The molecule has 0 amide bonds. The topological polar surface area (TPSA) is 73.8 Å². The molecule has 5 nitrogen and oxygen atoms in total. The van der Waals surface area contributed by atoms with Crippen molar-refractivity contribution < 1.29 is 0 Å². The molecule has 100 valence electrons. The van der Waals surface area contributed by atoms with Crippen molar-refractivity contribution in [3.63, 3.8) is 0 Å². The van der Waals surface area contributed by atoms with Crippen LogP contribution in [0.2, 0.25) is 0 Å². The first kappa shape index (κ1) is 13.0. The average molecular weight is 378 g/mol. The highest BCUT2D eigenvalue weighted by molar-refractivity contribution is 14.1. The molecule has 0 fully saturated rings. The minimum Gasteiger partial charge on any atom is -0.383 e. The normalized spacial score (nSPS) is 10.8. The van der Waals surface area contributed by atoms with Crippen LogP contribution in [0.1, 0.15) is 5.56 Å². The number of para-hydroxylation sites is 1. The maximum Gasteiger partial charge on any atom is 0.267 e. The van der Waals surface area contributed by atoms with Gasteiger partial charge in [0.15, 0.2) is 0 Å². The fourth-order valence-corrected chi connectivity index (χ4v) is 2.49. The number of hydrogen-bond acceptors (Lipinski definition) is 4. The summed E-state index contributed by atoms with van der Waals surface area (Å²) in [4.78, 5) is 20.4. The fraction of sp³-hybridized carbons (Fsp3) is 0.0714. The zero-order valence-electron chi connectivity index (χ0n) is 10.5. The molecular weight excluding hydrogens is 367 g/mol. The molecule has 0 unspecified atom stereocenters. The molecule has 0 aliphatic carbocycles. The molecule has 0 spiro atoms. The third-order valence-corrected chi connectivity index (χ3v) is 3.78. The summed E-state index contributed by atoms with van der Waals surface area (Å²) in [5.74, 6) is 0.439. The molecule has 0 bridgehead atoms.